The van der Waals surface area contributed by atoms with E-state index in [0.717, 1.165) is 21.9 Å². The molecule has 1 aliphatic heterocycles. The topological polar surface area (TPSA) is 115 Å². The molecule has 1 aliphatic rings. The van der Waals surface area contributed by atoms with E-state index in [2.05, 4.69) is 15.6 Å². The number of likely N-dealkylation sites (N-methyl/N-ethyl adjacent to an activating group) is 1. The van der Waals surface area contributed by atoms with Crippen molar-refractivity contribution in [2.45, 2.75) is 25.2 Å². The van der Waals surface area contributed by atoms with Crippen molar-refractivity contribution in [2.75, 3.05) is 26.7 Å². The first-order valence-corrected chi connectivity index (χ1v) is 11.8. The highest BCUT2D eigenvalue weighted by Gasteiger charge is 2.33. The number of benzene rings is 2. The molecule has 1 aromatic heterocycles. The summed E-state index contributed by atoms with van der Waals surface area (Å²) < 4.78 is 40.1. The summed E-state index contributed by atoms with van der Waals surface area (Å²) in [5, 5.41) is 5.91. The summed E-state index contributed by atoms with van der Waals surface area (Å²) in [5.41, 5.74) is 0.541. The van der Waals surface area contributed by atoms with Crippen LogP contribution in [0, 0.1) is 0 Å². The number of aromatic amines is 1. The van der Waals surface area contributed by atoms with Crippen molar-refractivity contribution in [3.05, 3.63) is 71.4 Å². The number of piperazine rings is 1. The minimum atomic E-state index is -4.59. The predicted molar refractivity (Wildman–Crippen MR) is 131 cm³/mol. The van der Waals surface area contributed by atoms with Crippen molar-refractivity contribution < 1.29 is 32.3 Å². The van der Waals surface area contributed by atoms with Gasteiger partial charge in [-0.2, -0.15) is 13.2 Å². The molecule has 0 bridgehead atoms. The molecule has 1 fully saturated rings. The first-order valence-electron chi connectivity index (χ1n) is 11.8. The monoisotopic (exact) mass is 529 g/mol. The molecular weight excluding hydrogens is 503 g/mol. The van der Waals surface area contributed by atoms with Gasteiger partial charge in [-0.05, 0) is 23.3 Å². The quantitative estimate of drug-likeness (QED) is 0.413. The molecule has 4 amide bonds. The van der Waals surface area contributed by atoms with E-state index in [0.29, 0.717) is 5.56 Å². The Hall–Kier alpha value is -4.35. The number of carbonyl (C=O) groups is 4. The third kappa shape index (κ3) is 6.13. The highest BCUT2D eigenvalue weighted by molar-refractivity contribution is 5.96. The van der Waals surface area contributed by atoms with E-state index in [9.17, 15) is 32.3 Å². The van der Waals surface area contributed by atoms with Crippen molar-refractivity contribution in [2.24, 2.45) is 0 Å². The van der Waals surface area contributed by atoms with Crippen LogP contribution >= 0.6 is 0 Å². The molecule has 2 heterocycles. The van der Waals surface area contributed by atoms with E-state index in [4.69, 9.17) is 0 Å². The number of rotatable bonds is 8. The van der Waals surface area contributed by atoms with Gasteiger partial charge in [-0.1, -0.05) is 36.4 Å². The molecule has 1 atom stereocenters. The lowest BCUT2D eigenvalue weighted by molar-refractivity contribution is -0.150. The van der Waals surface area contributed by atoms with Crippen LogP contribution in [0.3, 0.4) is 0 Å². The molecule has 0 radical (unpaired) electrons. The summed E-state index contributed by atoms with van der Waals surface area (Å²) in [5.74, 6) is -2.11. The Morgan fingerprint density at radius 2 is 1.71 bits per heavy atom. The van der Waals surface area contributed by atoms with Crippen molar-refractivity contribution in [1.82, 2.24) is 25.4 Å². The third-order valence-corrected chi connectivity index (χ3v) is 6.34. The second-order valence-electron chi connectivity index (χ2n) is 9.06. The number of hydrogen-bond donors (Lipinski definition) is 3. The Balaban J connectivity index is 1.51. The molecule has 200 valence electrons. The fraction of sp³-hybridized carbons (Fsp3) is 0.308. The Bertz CT molecular complexity index is 1370. The van der Waals surface area contributed by atoms with Gasteiger partial charge in [0.25, 0.3) is 0 Å². The molecule has 1 saturated heterocycles. The van der Waals surface area contributed by atoms with Gasteiger partial charge in [0.15, 0.2) is 0 Å². The van der Waals surface area contributed by atoms with Crippen LogP contribution in [0.15, 0.2) is 54.7 Å². The van der Waals surface area contributed by atoms with Gasteiger partial charge in [0.1, 0.15) is 19.1 Å². The maximum atomic E-state index is 13.4. The number of halogens is 3. The lowest BCUT2D eigenvalue weighted by Crippen LogP contribution is -2.56. The molecule has 3 N–H and O–H groups in total. The maximum Gasteiger partial charge on any atom is 0.416 e. The highest BCUT2D eigenvalue weighted by Crippen LogP contribution is 2.31. The van der Waals surface area contributed by atoms with E-state index in [1.54, 1.807) is 6.20 Å². The lowest BCUT2D eigenvalue weighted by Gasteiger charge is -2.31. The summed E-state index contributed by atoms with van der Waals surface area (Å²) in [4.78, 5) is 55.7. The molecule has 0 spiro atoms. The normalized spacial score (nSPS) is 15.1. The lowest BCUT2D eigenvalue weighted by atomic mass is 10.0. The highest BCUT2D eigenvalue weighted by atomic mass is 19.4. The first kappa shape index (κ1) is 26.7. The van der Waals surface area contributed by atoms with Crippen molar-refractivity contribution in [3.8, 4) is 0 Å². The molecule has 9 nitrogen and oxygen atoms in total. The van der Waals surface area contributed by atoms with Gasteiger partial charge in [0, 0.05) is 37.1 Å². The number of alkyl halides is 3. The zero-order chi connectivity index (χ0) is 27.4. The van der Waals surface area contributed by atoms with E-state index in [1.807, 2.05) is 24.3 Å². The second-order valence-corrected chi connectivity index (χ2v) is 9.06. The molecule has 2 aromatic carbocycles. The summed E-state index contributed by atoms with van der Waals surface area (Å²) in [6, 6.07) is 11.1. The number of para-hydroxylation sites is 1. The number of nitrogens with one attached hydrogen (secondary N) is 3. The van der Waals surface area contributed by atoms with E-state index < -0.39 is 48.6 Å². The fourth-order valence-corrected chi connectivity index (χ4v) is 4.31. The van der Waals surface area contributed by atoms with Crippen LogP contribution in [-0.4, -0.2) is 71.1 Å². The SMILES string of the molecule is CN1CC(=O)N(CC(=O)NC(Cc2c[nH]c3ccccc23)C(=O)NCc2ccccc2C(F)(F)F)CC1=O. The zero-order valence-electron chi connectivity index (χ0n) is 20.5. The Morgan fingerprint density at radius 3 is 2.47 bits per heavy atom. The minimum absolute atomic E-state index is 0.0398. The summed E-state index contributed by atoms with van der Waals surface area (Å²) in [7, 11) is 1.48. The third-order valence-electron chi connectivity index (χ3n) is 6.34. The van der Waals surface area contributed by atoms with Gasteiger partial charge in [-0.25, -0.2) is 0 Å². The van der Waals surface area contributed by atoms with Crippen molar-refractivity contribution in [3.63, 3.8) is 0 Å². The van der Waals surface area contributed by atoms with E-state index in [-0.39, 0.29) is 31.0 Å². The Labute approximate surface area is 216 Å². The van der Waals surface area contributed by atoms with Crippen LogP contribution in [0.4, 0.5) is 13.2 Å². The van der Waals surface area contributed by atoms with Crippen LogP contribution in [0.2, 0.25) is 0 Å². The van der Waals surface area contributed by atoms with Gasteiger partial charge < -0.3 is 25.4 Å². The minimum Gasteiger partial charge on any atom is -0.361 e. The second kappa shape index (κ2) is 11.0. The molecule has 1 unspecified atom stereocenters. The summed E-state index contributed by atoms with van der Waals surface area (Å²) in [6.07, 6.45) is -2.86. The Morgan fingerprint density at radius 1 is 1.00 bits per heavy atom. The van der Waals surface area contributed by atoms with Gasteiger partial charge in [0.05, 0.1) is 12.1 Å². The number of aromatic nitrogens is 1. The molecular formula is C26H26F3N5O4. The van der Waals surface area contributed by atoms with Crippen LogP contribution in [-0.2, 0) is 38.3 Å². The van der Waals surface area contributed by atoms with Crippen LogP contribution in [0.5, 0.6) is 0 Å². The van der Waals surface area contributed by atoms with Crippen molar-refractivity contribution >= 4 is 34.5 Å². The number of nitrogens with zero attached hydrogens (tertiary/aromatic N) is 2. The van der Waals surface area contributed by atoms with Gasteiger partial charge in [-0.3, -0.25) is 19.2 Å². The Kier molecular flexibility index (Phi) is 7.70. The number of amides is 4. The summed E-state index contributed by atoms with van der Waals surface area (Å²) in [6.45, 7) is -1.27. The van der Waals surface area contributed by atoms with E-state index >= 15 is 0 Å². The number of carbonyl (C=O) groups excluding carboxylic acids is 4. The first-order chi connectivity index (χ1) is 18.0. The number of H-pyrrole nitrogens is 1. The van der Waals surface area contributed by atoms with Crippen LogP contribution in [0.1, 0.15) is 16.7 Å². The van der Waals surface area contributed by atoms with Gasteiger partial charge >= 0.3 is 6.18 Å². The predicted octanol–water partition coefficient (Wildman–Crippen LogP) is 1.83. The average Bonchev–Trinajstić information content (AvgIpc) is 3.28. The average molecular weight is 530 g/mol. The van der Waals surface area contributed by atoms with E-state index in [1.165, 1.54) is 30.1 Å². The van der Waals surface area contributed by atoms with Crippen molar-refractivity contribution in [1.29, 1.82) is 0 Å². The number of fused-ring (bicyclic) bond motifs is 1. The largest absolute Gasteiger partial charge is 0.416 e. The molecule has 3 aromatic rings. The van der Waals surface area contributed by atoms with Gasteiger partial charge in [-0.15, -0.1) is 0 Å². The molecule has 0 saturated carbocycles. The van der Waals surface area contributed by atoms with Gasteiger partial charge in [0.2, 0.25) is 23.6 Å². The summed E-state index contributed by atoms with van der Waals surface area (Å²) >= 11 is 0. The van der Waals surface area contributed by atoms with Crippen LogP contribution < -0.4 is 10.6 Å². The van der Waals surface area contributed by atoms with Crippen LogP contribution in [0.25, 0.3) is 10.9 Å². The molecule has 4 rings (SSSR count). The smallest absolute Gasteiger partial charge is 0.361 e. The molecule has 12 heteroatoms. The zero-order valence-corrected chi connectivity index (χ0v) is 20.5. The standard InChI is InChI=1S/C26H26F3N5O4/c1-33-14-24(37)34(15-23(33)36)13-22(35)32-21(10-17-12-30-20-9-5-3-7-18(17)20)25(38)31-11-16-6-2-4-8-19(16)26(27,28)29/h2-9,12,21,30H,10-11,13-15H2,1H3,(H,31,38)(H,32,35). The fourth-order valence-electron chi connectivity index (χ4n) is 4.31. The molecule has 0 aliphatic carbocycles. The molecule has 38 heavy (non-hydrogen) atoms. The number of hydrogen-bond acceptors (Lipinski definition) is 4. The maximum absolute atomic E-state index is 13.4.